The Hall–Kier alpha value is -1.89. The third-order valence-corrected chi connectivity index (χ3v) is 3.52. The standard InChI is InChI=1S/C14H19NO5S/c1-18-11-5-4-10(6-12(11)19-2)7-15-13(16)8-21-9-14(17)20-3/h4-6H,7-9H2,1-3H3,(H,15,16). The third-order valence-electron chi connectivity index (χ3n) is 2.62. The Labute approximate surface area is 128 Å². The Morgan fingerprint density at radius 2 is 1.81 bits per heavy atom. The molecule has 0 unspecified atom stereocenters. The summed E-state index contributed by atoms with van der Waals surface area (Å²) in [5.74, 6) is 1.15. The van der Waals surface area contributed by atoms with Gasteiger partial charge in [0.2, 0.25) is 5.91 Å². The molecule has 0 aromatic heterocycles. The van der Waals surface area contributed by atoms with Gasteiger partial charge in [0, 0.05) is 6.54 Å². The lowest BCUT2D eigenvalue weighted by atomic mass is 10.2. The van der Waals surface area contributed by atoms with E-state index in [0.717, 1.165) is 5.56 Å². The van der Waals surface area contributed by atoms with Crippen molar-refractivity contribution in [3.05, 3.63) is 23.8 Å². The summed E-state index contributed by atoms with van der Waals surface area (Å²) in [6.45, 7) is 0.387. The Bertz CT molecular complexity index is 492. The van der Waals surface area contributed by atoms with E-state index in [4.69, 9.17) is 9.47 Å². The first-order valence-electron chi connectivity index (χ1n) is 6.22. The molecule has 7 heteroatoms. The fourth-order valence-electron chi connectivity index (χ4n) is 1.53. The van der Waals surface area contributed by atoms with Gasteiger partial charge in [-0.1, -0.05) is 6.07 Å². The summed E-state index contributed by atoms with van der Waals surface area (Å²) in [6, 6.07) is 5.44. The first-order valence-corrected chi connectivity index (χ1v) is 7.38. The predicted molar refractivity (Wildman–Crippen MR) is 80.7 cm³/mol. The molecule has 0 aliphatic rings. The molecule has 0 bridgehead atoms. The maximum atomic E-state index is 11.6. The Balaban J connectivity index is 2.40. The van der Waals surface area contributed by atoms with Crippen LogP contribution in [-0.2, 0) is 20.9 Å². The van der Waals surface area contributed by atoms with Gasteiger partial charge in [-0.15, -0.1) is 11.8 Å². The van der Waals surface area contributed by atoms with Crippen molar-refractivity contribution in [2.45, 2.75) is 6.54 Å². The molecule has 0 saturated heterocycles. The molecule has 0 aliphatic carbocycles. The number of carbonyl (C=O) groups is 2. The molecule has 116 valence electrons. The van der Waals surface area contributed by atoms with Crippen molar-refractivity contribution in [3.8, 4) is 11.5 Å². The van der Waals surface area contributed by atoms with Crippen LogP contribution in [0, 0.1) is 0 Å². The van der Waals surface area contributed by atoms with Crippen molar-refractivity contribution in [1.82, 2.24) is 5.32 Å². The molecule has 0 spiro atoms. The van der Waals surface area contributed by atoms with E-state index in [-0.39, 0.29) is 23.4 Å². The average Bonchev–Trinajstić information content (AvgIpc) is 2.52. The van der Waals surface area contributed by atoms with E-state index in [1.54, 1.807) is 26.4 Å². The molecule has 0 heterocycles. The molecular formula is C14H19NO5S. The van der Waals surface area contributed by atoms with Gasteiger partial charge in [0.05, 0.1) is 32.8 Å². The monoisotopic (exact) mass is 313 g/mol. The van der Waals surface area contributed by atoms with Crippen LogP contribution >= 0.6 is 11.8 Å². The second-order valence-corrected chi connectivity index (χ2v) is 5.02. The van der Waals surface area contributed by atoms with Crippen molar-refractivity contribution in [2.24, 2.45) is 0 Å². The van der Waals surface area contributed by atoms with E-state index >= 15 is 0 Å². The van der Waals surface area contributed by atoms with Crippen LogP contribution < -0.4 is 14.8 Å². The highest BCUT2D eigenvalue weighted by molar-refractivity contribution is 8.00. The molecule has 21 heavy (non-hydrogen) atoms. The lowest BCUT2D eigenvalue weighted by Crippen LogP contribution is -2.25. The van der Waals surface area contributed by atoms with E-state index in [0.29, 0.717) is 18.0 Å². The highest BCUT2D eigenvalue weighted by atomic mass is 32.2. The summed E-state index contributed by atoms with van der Waals surface area (Å²) in [7, 11) is 4.45. The number of nitrogens with one attached hydrogen (secondary N) is 1. The number of amides is 1. The third kappa shape index (κ3) is 5.95. The summed E-state index contributed by atoms with van der Waals surface area (Å²) in [6.07, 6.45) is 0. The number of benzene rings is 1. The van der Waals surface area contributed by atoms with Crippen LogP contribution in [0.2, 0.25) is 0 Å². The molecule has 0 atom stereocenters. The van der Waals surface area contributed by atoms with Crippen LogP contribution in [0.3, 0.4) is 0 Å². The van der Waals surface area contributed by atoms with Crippen LogP contribution in [-0.4, -0.2) is 44.7 Å². The maximum absolute atomic E-state index is 11.6. The van der Waals surface area contributed by atoms with Crippen molar-refractivity contribution in [3.63, 3.8) is 0 Å². The highest BCUT2D eigenvalue weighted by Crippen LogP contribution is 2.27. The van der Waals surface area contributed by atoms with Crippen LogP contribution in [0.1, 0.15) is 5.56 Å². The first kappa shape index (κ1) is 17.2. The van der Waals surface area contributed by atoms with Crippen molar-refractivity contribution >= 4 is 23.6 Å². The first-order chi connectivity index (χ1) is 10.1. The van der Waals surface area contributed by atoms with Gasteiger partial charge < -0.3 is 19.5 Å². The second-order valence-electron chi connectivity index (χ2n) is 4.03. The van der Waals surface area contributed by atoms with Gasteiger partial charge >= 0.3 is 5.97 Å². The number of rotatable bonds is 8. The summed E-state index contributed by atoms with van der Waals surface area (Å²) in [5.41, 5.74) is 0.902. The van der Waals surface area contributed by atoms with Crippen molar-refractivity contribution < 1.29 is 23.8 Å². The minimum absolute atomic E-state index is 0.140. The van der Waals surface area contributed by atoms with E-state index in [2.05, 4.69) is 10.1 Å². The molecule has 0 saturated carbocycles. The molecule has 1 aromatic rings. The van der Waals surface area contributed by atoms with Crippen LogP contribution in [0.4, 0.5) is 0 Å². The number of hydrogen-bond donors (Lipinski definition) is 1. The molecule has 1 rings (SSSR count). The molecule has 1 aromatic carbocycles. The zero-order valence-electron chi connectivity index (χ0n) is 12.3. The molecular weight excluding hydrogens is 294 g/mol. The quantitative estimate of drug-likeness (QED) is 0.728. The van der Waals surface area contributed by atoms with Gasteiger partial charge in [0.1, 0.15) is 0 Å². The number of ether oxygens (including phenoxy) is 3. The molecule has 0 fully saturated rings. The molecule has 1 amide bonds. The van der Waals surface area contributed by atoms with Gasteiger partial charge in [-0.05, 0) is 17.7 Å². The fourth-order valence-corrected chi connectivity index (χ4v) is 2.20. The lowest BCUT2D eigenvalue weighted by molar-refractivity contribution is -0.137. The van der Waals surface area contributed by atoms with Crippen molar-refractivity contribution in [2.75, 3.05) is 32.8 Å². The Kier molecular flexibility index (Phi) is 7.45. The average molecular weight is 313 g/mol. The normalized spacial score (nSPS) is 9.86. The smallest absolute Gasteiger partial charge is 0.315 e. The predicted octanol–water partition coefficient (Wildman–Crippen LogP) is 1.23. The zero-order valence-corrected chi connectivity index (χ0v) is 13.1. The number of carbonyl (C=O) groups excluding carboxylic acids is 2. The lowest BCUT2D eigenvalue weighted by Gasteiger charge is -2.10. The summed E-state index contributed by atoms with van der Waals surface area (Å²) >= 11 is 1.21. The zero-order chi connectivity index (χ0) is 15.7. The van der Waals surface area contributed by atoms with Gasteiger partial charge in [-0.25, -0.2) is 0 Å². The number of methoxy groups -OCH3 is 3. The summed E-state index contributed by atoms with van der Waals surface area (Å²) in [4.78, 5) is 22.5. The van der Waals surface area contributed by atoms with Gasteiger partial charge in [-0.2, -0.15) is 0 Å². The summed E-state index contributed by atoms with van der Waals surface area (Å²) < 4.78 is 14.8. The van der Waals surface area contributed by atoms with E-state index in [9.17, 15) is 9.59 Å². The molecule has 6 nitrogen and oxygen atoms in total. The van der Waals surface area contributed by atoms with E-state index in [1.807, 2.05) is 6.07 Å². The molecule has 0 radical (unpaired) electrons. The topological polar surface area (TPSA) is 73.9 Å². The minimum Gasteiger partial charge on any atom is -0.493 e. The fraction of sp³-hybridized carbons (Fsp3) is 0.429. The van der Waals surface area contributed by atoms with Crippen LogP contribution in [0.25, 0.3) is 0 Å². The van der Waals surface area contributed by atoms with E-state index < -0.39 is 0 Å². The number of hydrogen-bond acceptors (Lipinski definition) is 6. The van der Waals surface area contributed by atoms with Crippen LogP contribution in [0.15, 0.2) is 18.2 Å². The maximum Gasteiger partial charge on any atom is 0.315 e. The van der Waals surface area contributed by atoms with Gasteiger partial charge in [0.25, 0.3) is 0 Å². The molecule has 0 aliphatic heterocycles. The van der Waals surface area contributed by atoms with Gasteiger partial charge in [-0.3, -0.25) is 9.59 Å². The Morgan fingerprint density at radius 1 is 1.10 bits per heavy atom. The molecule has 1 N–H and O–H groups in total. The second kappa shape index (κ2) is 9.12. The van der Waals surface area contributed by atoms with Crippen LogP contribution in [0.5, 0.6) is 11.5 Å². The number of thioether (sulfide) groups is 1. The number of esters is 1. The highest BCUT2D eigenvalue weighted by Gasteiger charge is 2.07. The minimum atomic E-state index is -0.340. The summed E-state index contributed by atoms with van der Waals surface area (Å²) in [5, 5.41) is 2.77. The largest absolute Gasteiger partial charge is 0.493 e. The van der Waals surface area contributed by atoms with Crippen molar-refractivity contribution in [1.29, 1.82) is 0 Å². The Morgan fingerprint density at radius 3 is 2.43 bits per heavy atom. The van der Waals surface area contributed by atoms with Gasteiger partial charge in [0.15, 0.2) is 11.5 Å². The van der Waals surface area contributed by atoms with E-state index in [1.165, 1.54) is 18.9 Å². The SMILES string of the molecule is COC(=O)CSCC(=O)NCc1ccc(OC)c(OC)c1.